The number of pyridine rings is 1. The van der Waals surface area contributed by atoms with E-state index in [2.05, 4.69) is 35.1 Å². The van der Waals surface area contributed by atoms with Crippen LogP contribution in [0.15, 0.2) is 55.2 Å². The number of ether oxygens (including phenoxy) is 1. The number of fused-ring (bicyclic) bond motifs is 1. The van der Waals surface area contributed by atoms with Crippen LogP contribution in [-0.2, 0) is 5.54 Å². The number of aromatic nitrogens is 1. The summed E-state index contributed by atoms with van der Waals surface area (Å²) in [4.78, 5) is 17.8. The van der Waals surface area contributed by atoms with E-state index in [-0.39, 0.29) is 11.4 Å². The summed E-state index contributed by atoms with van der Waals surface area (Å²) in [5, 5.41) is 4.37. The van der Waals surface area contributed by atoms with E-state index in [4.69, 9.17) is 10.5 Å². The standard InChI is InChI=1S/C25H27N3O2/c1-16(2)18-13-22(20-5-4-11-27-23(20)14-18)25(8-9-25)28-24(29)21-15-19(30-12-10-26)7-6-17(21)3/h4-7,11,13-15H,1,8-10,12,26H2,2-3H3,(H,28,29). The van der Waals surface area contributed by atoms with Gasteiger partial charge >= 0.3 is 0 Å². The van der Waals surface area contributed by atoms with Crippen molar-refractivity contribution in [2.75, 3.05) is 13.2 Å². The number of benzene rings is 2. The Kier molecular flexibility index (Phi) is 5.31. The molecule has 0 atom stereocenters. The van der Waals surface area contributed by atoms with E-state index < -0.39 is 0 Å². The second-order valence-electron chi connectivity index (χ2n) is 8.02. The predicted octanol–water partition coefficient (Wildman–Crippen LogP) is 4.33. The second-order valence-corrected chi connectivity index (χ2v) is 8.02. The molecule has 3 N–H and O–H groups in total. The summed E-state index contributed by atoms with van der Waals surface area (Å²) in [5.41, 5.74) is 10.7. The molecule has 154 valence electrons. The van der Waals surface area contributed by atoms with E-state index >= 15 is 0 Å². The fraction of sp³-hybridized carbons (Fsp3) is 0.280. The molecule has 1 saturated carbocycles. The maximum absolute atomic E-state index is 13.3. The Balaban J connectivity index is 1.69. The average molecular weight is 402 g/mol. The maximum atomic E-state index is 13.3. The molecule has 1 amide bonds. The highest BCUT2D eigenvalue weighted by molar-refractivity contribution is 5.97. The van der Waals surface area contributed by atoms with Crippen LogP contribution in [0.3, 0.4) is 0 Å². The summed E-state index contributed by atoms with van der Waals surface area (Å²) >= 11 is 0. The molecule has 5 heteroatoms. The van der Waals surface area contributed by atoms with Gasteiger partial charge in [0.15, 0.2) is 0 Å². The number of amides is 1. The molecule has 0 radical (unpaired) electrons. The number of aryl methyl sites for hydroxylation is 1. The van der Waals surface area contributed by atoms with Gasteiger partial charge in [-0.3, -0.25) is 9.78 Å². The van der Waals surface area contributed by atoms with Crippen molar-refractivity contribution in [3.63, 3.8) is 0 Å². The van der Waals surface area contributed by atoms with Crippen molar-refractivity contribution in [2.45, 2.75) is 32.2 Å². The van der Waals surface area contributed by atoms with Crippen molar-refractivity contribution in [3.8, 4) is 5.75 Å². The lowest BCUT2D eigenvalue weighted by molar-refractivity contribution is 0.0930. The zero-order chi connectivity index (χ0) is 21.3. The van der Waals surface area contributed by atoms with Crippen molar-refractivity contribution < 1.29 is 9.53 Å². The third-order valence-electron chi connectivity index (χ3n) is 5.67. The molecule has 1 heterocycles. The molecule has 5 nitrogen and oxygen atoms in total. The van der Waals surface area contributed by atoms with E-state index in [9.17, 15) is 4.79 Å². The second kappa shape index (κ2) is 7.92. The topological polar surface area (TPSA) is 77.2 Å². The van der Waals surface area contributed by atoms with Gasteiger partial charge < -0.3 is 15.8 Å². The van der Waals surface area contributed by atoms with Gasteiger partial charge in [-0.1, -0.05) is 24.3 Å². The molecule has 0 bridgehead atoms. The molecule has 3 aromatic rings. The molecule has 0 spiro atoms. The molecule has 1 fully saturated rings. The molecule has 0 aliphatic heterocycles. The number of hydrogen-bond acceptors (Lipinski definition) is 4. The van der Waals surface area contributed by atoms with Crippen molar-refractivity contribution >= 4 is 22.4 Å². The Morgan fingerprint density at radius 2 is 2.07 bits per heavy atom. The maximum Gasteiger partial charge on any atom is 0.252 e. The lowest BCUT2D eigenvalue weighted by Crippen LogP contribution is -2.35. The van der Waals surface area contributed by atoms with Gasteiger partial charge in [-0.2, -0.15) is 0 Å². The molecule has 1 aromatic heterocycles. The Bertz CT molecular complexity index is 1130. The molecule has 1 aliphatic rings. The first-order valence-corrected chi connectivity index (χ1v) is 10.2. The van der Waals surface area contributed by atoms with Crippen LogP contribution in [0.2, 0.25) is 0 Å². The highest BCUT2D eigenvalue weighted by Gasteiger charge is 2.47. The zero-order valence-electron chi connectivity index (χ0n) is 17.5. The van der Waals surface area contributed by atoms with Gasteiger partial charge in [-0.25, -0.2) is 0 Å². The van der Waals surface area contributed by atoms with Crippen molar-refractivity contribution in [1.82, 2.24) is 10.3 Å². The molecule has 0 saturated heterocycles. The van der Waals surface area contributed by atoms with Crippen LogP contribution in [0.4, 0.5) is 0 Å². The van der Waals surface area contributed by atoms with E-state index in [1.54, 1.807) is 12.3 Å². The molecule has 30 heavy (non-hydrogen) atoms. The zero-order valence-corrected chi connectivity index (χ0v) is 17.5. The van der Waals surface area contributed by atoms with Crippen molar-refractivity contribution in [3.05, 3.63) is 77.5 Å². The summed E-state index contributed by atoms with van der Waals surface area (Å²) in [6, 6.07) is 13.8. The Morgan fingerprint density at radius 3 is 2.77 bits per heavy atom. The Labute approximate surface area is 177 Å². The van der Waals surface area contributed by atoms with Gasteiger partial charge in [0.2, 0.25) is 0 Å². The minimum Gasteiger partial charge on any atom is -0.492 e. The predicted molar refractivity (Wildman–Crippen MR) is 121 cm³/mol. The summed E-state index contributed by atoms with van der Waals surface area (Å²) in [6.07, 6.45) is 3.58. The van der Waals surface area contributed by atoms with Gasteiger partial charge in [-0.05, 0) is 73.7 Å². The number of rotatable bonds is 7. The monoisotopic (exact) mass is 401 g/mol. The summed E-state index contributed by atoms with van der Waals surface area (Å²) < 4.78 is 5.61. The van der Waals surface area contributed by atoms with E-state index in [0.717, 1.165) is 46.0 Å². The Morgan fingerprint density at radius 1 is 1.27 bits per heavy atom. The van der Waals surface area contributed by atoms with Crippen LogP contribution >= 0.6 is 0 Å². The number of carbonyl (C=O) groups is 1. The first-order valence-electron chi connectivity index (χ1n) is 10.2. The van der Waals surface area contributed by atoms with E-state index in [1.807, 2.05) is 32.0 Å². The molecule has 2 aromatic carbocycles. The van der Waals surface area contributed by atoms with Crippen molar-refractivity contribution in [1.29, 1.82) is 0 Å². The number of hydrogen-bond donors (Lipinski definition) is 2. The summed E-state index contributed by atoms with van der Waals surface area (Å²) in [5.74, 6) is 0.556. The van der Waals surface area contributed by atoms with Gasteiger partial charge in [0, 0.05) is 23.7 Å². The number of nitrogens with two attached hydrogens (primary N) is 1. The first kappa shape index (κ1) is 20.1. The van der Waals surface area contributed by atoms with Gasteiger partial charge in [-0.15, -0.1) is 0 Å². The van der Waals surface area contributed by atoms with Crippen LogP contribution in [0.5, 0.6) is 5.75 Å². The van der Waals surface area contributed by atoms with Gasteiger partial charge in [0.05, 0.1) is 11.1 Å². The van der Waals surface area contributed by atoms with E-state index in [1.165, 1.54) is 0 Å². The smallest absolute Gasteiger partial charge is 0.252 e. The van der Waals surface area contributed by atoms with Crippen LogP contribution in [-0.4, -0.2) is 24.0 Å². The van der Waals surface area contributed by atoms with Crippen molar-refractivity contribution in [2.24, 2.45) is 5.73 Å². The lowest BCUT2D eigenvalue weighted by atomic mass is 9.94. The normalized spacial score (nSPS) is 14.4. The SMILES string of the molecule is C=C(C)c1cc(C2(NC(=O)c3cc(OCCN)ccc3C)CC2)c2cccnc2c1. The third kappa shape index (κ3) is 3.81. The number of allylic oxidation sites excluding steroid dienone is 1. The highest BCUT2D eigenvalue weighted by atomic mass is 16.5. The molecule has 4 rings (SSSR count). The lowest BCUT2D eigenvalue weighted by Gasteiger charge is -2.22. The largest absolute Gasteiger partial charge is 0.492 e. The quantitative estimate of drug-likeness (QED) is 0.618. The molecular formula is C25H27N3O2. The first-order chi connectivity index (χ1) is 14.4. The van der Waals surface area contributed by atoms with Crippen LogP contribution < -0.4 is 15.8 Å². The highest BCUT2D eigenvalue weighted by Crippen LogP contribution is 2.48. The number of carbonyl (C=O) groups excluding carboxylic acids is 1. The number of nitrogens with zero attached hydrogens (tertiary/aromatic N) is 1. The number of nitrogens with one attached hydrogen (secondary N) is 1. The van der Waals surface area contributed by atoms with E-state index in [0.29, 0.717) is 24.5 Å². The average Bonchev–Trinajstić information content (AvgIpc) is 3.52. The van der Waals surface area contributed by atoms with Gasteiger partial charge in [0.1, 0.15) is 12.4 Å². The van der Waals surface area contributed by atoms with Gasteiger partial charge in [0.25, 0.3) is 5.91 Å². The summed E-state index contributed by atoms with van der Waals surface area (Å²) in [6.45, 7) is 8.86. The Hall–Kier alpha value is -3.18. The molecular weight excluding hydrogens is 374 g/mol. The minimum absolute atomic E-state index is 0.0963. The minimum atomic E-state index is -0.385. The van der Waals surface area contributed by atoms with Crippen LogP contribution in [0.1, 0.15) is 46.8 Å². The van der Waals surface area contributed by atoms with Crippen LogP contribution in [0.25, 0.3) is 16.5 Å². The molecule has 0 unspecified atom stereocenters. The summed E-state index contributed by atoms with van der Waals surface area (Å²) in [7, 11) is 0. The fourth-order valence-electron chi connectivity index (χ4n) is 3.81. The molecule has 1 aliphatic carbocycles. The van der Waals surface area contributed by atoms with Crippen LogP contribution in [0, 0.1) is 6.92 Å². The fourth-order valence-corrected chi connectivity index (χ4v) is 3.81. The third-order valence-corrected chi connectivity index (χ3v) is 5.67.